The molecule has 0 saturated carbocycles. The van der Waals surface area contributed by atoms with Gasteiger partial charge in [0.25, 0.3) is 5.91 Å². The number of rotatable bonds is 6. The summed E-state index contributed by atoms with van der Waals surface area (Å²) >= 11 is 0. The monoisotopic (exact) mass is 354 g/mol. The third-order valence-electron chi connectivity index (χ3n) is 4.82. The van der Waals surface area contributed by atoms with Crippen LogP contribution in [0.3, 0.4) is 0 Å². The Kier molecular flexibility index (Phi) is 6.20. The molecule has 0 aliphatic carbocycles. The van der Waals surface area contributed by atoms with Gasteiger partial charge in [0.15, 0.2) is 0 Å². The summed E-state index contributed by atoms with van der Waals surface area (Å²) < 4.78 is 0. The highest BCUT2D eigenvalue weighted by Gasteiger charge is 2.19. The molecule has 0 spiro atoms. The fourth-order valence-electron chi connectivity index (χ4n) is 3.13. The van der Waals surface area contributed by atoms with E-state index in [-0.39, 0.29) is 11.7 Å². The third kappa shape index (κ3) is 4.80. The van der Waals surface area contributed by atoms with E-state index in [1.54, 1.807) is 23.2 Å². The number of hydrogen-bond donors (Lipinski definition) is 1. The van der Waals surface area contributed by atoms with Gasteiger partial charge in [-0.05, 0) is 24.3 Å². The molecule has 0 atom stereocenters. The minimum atomic E-state index is 0.0647. The summed E-state index contributed by atoms with van der Waals surface area (Å²) in [6, 6.07) is 12.8. The summed E-state index contributed by atoms with van der Waals surface area (Å²) in [6.07, 6.45) is 1.71. The maximum absolute atomic E-state index is 12.4. The average Bonchev–Trinajstić information content (AvgIpc) is 2.69. The molecule has 2 aromatic rings. The lowest BCUT2D eigenvalue weighted by atomic mass is 10.2. The molecule has 26 heavy (non-hydrogen) atoms. The molecular weight excluding hydrogens is 328 g/mol. The standard InChI is InChI=1S/C20H26N4O2/c1-22(20(26)17-6-3-2-4-7-17)10-11-23-12-14-24(15-13-23)16-18-19(25)8-5-9-21-18/h2-9,25H,10-16H2,1H3. The zero-order valence-electron chi connectivity index (χ0n) is 15.2. The molecule has 0 bridgehead atoms. The van der Waals surface area contributed by atoms with Crippen LogP contribution in [0.25, 0.3) is 0 Å². The van der Waals surface area contributed by atoms with Gasteiger partial charge >= 0.3 is 0 Å². The molecule has 6 nitrogen and oxygen atoms in total. The number of aromatic nitrogens is 1. The van der Waals surface area contributed by atoms with Gasteiger partial charge in [-0.25, -0.2) is 0 Å². The quantitative estimate of drug-likeness (QED) is 0.855. The molecule has 1 aromatic heterocycles. The van der Waals surface area contributed by atoms with Crippen molar-refractivity contribution in [1.82, 2.24) is 19.7 Å². The molecule has 1 aliphatic heterocycles. The van der Waals surface area contributed by atoms with E-state index < -0.39 is 0 Å². The summed E-state index contributed by atoms with van der Waals surface area (Å²) in [6.45, 7) is 6.06. The fourth-order valence-corrected chi connectivity index (χ4v) is 3.13. The van der Waals surface area contributed by atoms with Crippen LogP contribution in [0.4, 0.5) is 0 Å². The predicted molar refractivity (Wildman–Crippen MR) is 101 cm³/mol. The number of piperazine rings is 1. The Hall–Kier alpha value is -2.44. The third-order valence-corrected chi connectivity index (χ3v) is 4.82. The van der Waals surface area contributed by atoms with Crippen molar-refractivity contribution in [3.8, 4) is 5.75 Å². The number of amides is 1. The zero-order chi connectivity index (χ0) is 18.4. The topological polar surface area (TPSA) is 59.9 Å². The van der Waals surface area contributed by atoms with Crippen LogP contribution in [0.1, 0.15) is 16.1 Å². The summed E-state index contributed by atoms with van der Waals surface area (Å²) in [5.41, 5.74) is 1.46. The van der Waals surface area contributed by atoms with Crippen LogP contribution in [0.2, 0.25) is 0 Å². The van der Waals surface area contributed by atoms with Crippen LogP contribution in [-0.2, 0) is 6.54 Å². The van der Waals surface area contributed by atoms with E-state index >= 15 is 0 Å². The molecule has 0 radical (unpaired) electrons. The molecule has 1 fully saturated rings. The Bertz CT molecular complexity index is 715. The Labute approximate surface area is 154 Å². The van der Waals surface area contributed by atoms with Crippen LogP contribution in [0.15, 0.2) is 48.7 Å². The number of nitrogens with zero attached hydrogens (tertiary/aromatic N) is 4. The molecule has 6 heteroatoms. The molecule has 1 aliphatic rings. The maximum atomic E-state index is 12.4. The first-order chi connectivity index (χ1) is 12.6. The molecule has 1 N–H and O–H groups in total. The van der Waals surface area contributed by atoms with Crippen molar-refractivity contribution in [3.63, 3.8) is 0 Å². The van der Waals surface area contributed by atoms with Crippen molar-refractivity contribution in [2.24, 2.45) is 0 Å². The normalized spacial score (nSPS) is 15.7. The fraction of sp³-hybridized carbons (Fsp3) is 0.400. The van der Waals surface area contributed by atoms with Crippen molar-refractivity contribution in [2.45, 2.75) is 6.54 Å². The molecule has 1 saturated heterocycles. The van der Waals surface area contributed by atoms with Crippen molar-refractivity contribution in [3.05, 3.63) is 59.9 Å². The Balaban J connectivity index is 1.41. The van der Waals surface area contributed by atoms with Gasteiger partial charge in [-0.15, -0.1) is 0 Å². The highest BCUT2D eigenvalue weighted by molar-refractivity contribution is 5.93. The van der Waals surface area contributed by atoms with Crippen LogP contribution in [0.5, 0.6) is 5.75 Å². The summed E-state index contributed by atoms with van der Waals surface area (Å²) in [7, 11) is 1.86. The Morgan fingerprint density at radius 2 is 1.77 bits per heavy atom. The molecule has 0 unspecified atom stereocenters. The molecule has 1 aromatic carbocycles. The van der Waals surface area contributed by atoms with Gasteiger partial charge in [0.05, 0.1) is 5.69 Å². The van der Waals surface area contributed by atoms with Crippen LogP contribution in [0, 0.1) is 0 Å². The maximum Gasteiger partial charge on any atom is 0.253 e. The minimum absolute atomic E-state index is 0.0647. The zero-order valence-corrected chi connectivity index (χ0v) is 15.2. The molecular formula is C20H26N4O2. The van der Waals surface area contributed by atoms with E-state index in [4.69, 9.17) is 0 Å². The van der Waals surface area contributed by atoms with E-state index in [0.29, 0.717) is 6.54 Å². The first kappa shape index (κ1) is 18.4. The average molecular weight is 354 g/mol. The van der Waals surface area contributed by atoms with Gasteiger partial charge in [-0.2, -0.15) is 0 Å². The van der Waals surface area contributed by atoms with Gasteiger partial charge in [0.1, 0.15) is 5.75 Å². The Morgan fingerprint density at radius 3 is 2.46 bits per heavy atom. The van der Waals surface area contributed by atoms with Gasteiger partial charge in [0.2, 0.25) is 0 Å². The highest BCUT2D eigenvalue weighted by atomic mass is 16.3. The van der Waals surface area contributed by atoms with Crippen LogP contribution in [-0.4, -0.2) is 77.0 Å². The smallest absolute Gasteiger partial charge is 0.253 e. The van der Waals surface area contributed by atoms with E-state index in [1.807, 2.05) is 37.4 Å². The van der Waals surface area contributed by atoms with Gasteiger partial charge in [-0.1, -0.05) is 18.2 Å². The van der Waals surface area contributed by atoms with E-state index in [2.05, 4.69) is 14.8 Å². The minimum Gasteiger partial charge on any atom is -0.506 e. The number of aromatic hydroxyl groups is 1. The van der Waals surface area contributed by atoms with Crippen LogP contribution >= 0.6 is 0 Å². The van der Waals surface area contributed by atoms with Gasteiger partial charge < -0.3 is 10.0 Å². The second-order valence-electron chi connectivity index (χ2n) is 6.68. The SMILES string of the molecule is CN(CCN1CCN(Cc2ncccc2O)CC1)C(=O)c1ccccc1. The van der Waals surface area contributed by atoms with Gasteiger partial charge in [-0.3, -0.25) is 19.6 Å². The number of likely N-dealkylation sites (N-methyl/N-ethyl adjacent to an activating group) is 1. The van der Waals surface area contributed by atoms with E-state index in [1.165, 1.54) is 0 Å². The van der Waals surface area contributed by atoms with E-state index in [0.717, 1.165) is 50.5 Å². The summed E-state index contributed by atoms with van der Waals surface area (Å²) in [5, 5.41) is 9.85. The second kappa shape index (κ2) is 8.78. The van der Waals surface area contributed by atoms with Crippen molar-refractivity contribution in [1.29, 1.82) is 0 Å². The van der Waals surface area contributed by atoms with Crippen molar-refractivity contribution >= 4 is 5.91 Å². The lowest BCUT2D eigenvalue weighted by molar-refractivity contribution is 0.0747. The second-order valence-corrected chi connectivity index (χ2v) is 6.68. The predicted octanol–water partition coefficient (Wildman–Crippen LogP) is 1.68. The summed E-state index contributed by atoms with van der Waals surface area (Å²) in [5.74, 6) is 0.325. The molecule has 138 valence electrons. The highest BCUT2D eigenvalue weighted by Crippen LogP contribution is 2.16. The molecule has 1 amide bonds. The lowest BCUT2D eigenvalue weighted by Crippen LogP contribution is -2.48. The summed E-state index contributed by atoms with van der Waals surface area (Å²) in [4.78, 5) is 23.1. The largest absolute Gasteiger partial charge is 0.506 e. The number of hydrogen-bond acceptors (Lipinski definition) is 5. The van der Waals surface area contributed by atoms with Crippen molar-refractivity contribution in [2.75, 3.05) is 46.3 Å². The van der Waals surface area contributed by atoms with Gasteiger partial charge in [0, 0.05) is 64.6 Å². The first-order valence-corrected chi connectivity index (χ1v) is 9.01. The molecule has 3 rings (SSSR count). The first-order valence-electron chi connectivity index (χ1n) is 9.01. The molecule has 2 heterocycles. The number of pyridine rings is 1. The van der Waals surface area contributed by atoms with Crippen molar-refractivity contribution < 1.29 is 9.90 Å². The lowest BCUT2D eigenvalue weighted by Gasteiger charge is -2.35. The number of carbonyl (C=O) groups is 1. The van der Waals surface area contributed by atoms with E-state index in [9.17, 15) is 9.90 Å². The van der Waals surface area contributed by atoms with Crippen LogP contribution < -0.4 is 0 Å². The number of benzene rings is 1. The Morgan fingerprint density at radius 1 is 1.08 bits per heavy atom. The number of carbonyl (C=O) groups excluding carboxylic acids is 1.